The van der Waals surface area contributed by atoms with Gasteiger partial charge < -0.3 is 15.2 Å². The lowest BCUT2D eigenvalue weighted by Gasteiger charge is -2.14. The Labute approximate surface area is 120 Å². The molecule has 0 aliphatic carbocycles. The molecule has 0 bridgehead atoms. The number of carbonyl (C=O) groups is 2. The van der Waals surface area contributed by atoms with E-state index in [1.54, 1.807) is 0 Å². The molecule has 1 rings (SSSR count). The summed E-state index contributed by atoms with van der Waals surface area (Å²) in [6.45, 7) is 0.0354. The van der Waals surface area contributed by atoms with E-state index in [1.165, 1.54) is 25.3 Å². The van der Waals surface area contributed by atoms with E-state index in [0.717, 1.165) is 0 Å². The Bertz CT molecular complexity index is 475. The first-order chi connectivity index (χ1) is 9.43. The minimum absolute atomic E-state index is 0.0354. The molecule has 0 spiro atoms. The summed E-state index contributed by atoms with van der Waals surface area (Å²) in [7, 11) is 1.35. The molecule has 110 valence electrons. The summed E-state index contributed by atoms with van der Waals surface area (Å²) in [4.78, 5) is 22.2. The van der Waals surface area contributed by atoms with Crippen LogP contribution in [0.1, 0.15) is 12.0 Å². The van der Waals surface area contributed by atoms with Crippen molar-refractivity contribution in [3.8, 4) is 0 Å². The van der Waals surface area contributed by atoms with Crippen molar-refractivity contribution in [1.29, 1.82) is 0 Å². The van der Waals surface area contributed by atoms with E-state index in [-0.39, 0.29) is 30.0 Å². The molecule has 1 amide bonds. The summed E-state index contributed by atoms with van der Waals surface area (Å²) in [6.07, 6.45) is -1.07. The number of nitrogens with one attached hydrogen (secondary N) is 1. The van der Waals surface area contributed by atoms with Gasteiger partial charge >= 0.3 is 5.97 Å². The van der Waals surface area contributed by atoms with Crippen LogP contribution in [0.2, 0.25) is 5.02 Å². The Hall–Kier alpha value is -1.66. The van der Waals surface area contributed by atoms with E-state index in [4.69, 9.17) is 21.4 Å². The van der Waals surface area contributed by atoms with Crippen LogP contribution < -0.4 is 5.32 Å². The topological polar surface area (TPSA) is 75.6 Å². The molecule has 0 aromatic heterocycles. The maximum atomic E-state index is 13.5. The van der Waals surface area contributed by atoms with Crippen molar-refractivity contribution < 1.29 is 23.8 Å². The summed E-state index contributed by atoms with van der Waals surface area (Å²) >= 11 is 5.81. The Morgan fingerprint density at radius 3 is 2.75 bits per heavy atom. The molecular formula is C13H15ClFNO4. The van der Waals surface area contributed by atoms with Crippen LogP contribution in [0.5, 0.6) is 0 Å². The average Bonchev–Trinajstić information content (AvgIpc) is 2.38. The molecule has 0 saturated carbocycles. The summed E-state index contributed by atoms with van der Waals surface area (Å²) < 4.78 is 18.4. The molecule has 2 N–H and O–H groups in total. The number of rotatable bonds is 7. The lowest BCUT2D eigenvalue weighted by atomic mass is 10.1. The molecule has 7 heteroatoms. The van der Waals surface area contributed by atoms with Crippen LogP contribution in [-0.4, -0.2) is 36.7 Å². The van der Waals surface area contributed by atoms with Crippen LogP contribution in [0.3, 0.4) is 0 Å². The van der Waals surface area contributed by atoms with E-state index in [0.29, 0.717) is 0 Å². The molecular weight excluding hydrogens is 289 g/mol. The Balaban J connectivity index is 2.53. The molecule has 0 aliphatic rings. The number of methoxy groups -OCH3 is 1. The zero-order valence-corrected chi connectivity index (χ0v) is 11.6. The van der Waals surface area contributed by atoms with Gasteiger partial charge in [0.25, 0.3) is 0 Å². The van der Waals surface area contributed by atoms with Crippen LogP contribution >= 0.6 is 11.6 Å². The highest BCUT2D eigenvalue weighted by atomic mass is 35.5. The van der Waals surface area contributed by atoms with E-state index in [1.807, 2.05) is 0 Å². The van der Waals surface area contributed by atoms with Gasteiger partial charge in [-0.15, -0.1) is 0 Å². The van der Waals surface area contributed by atoms with E-state index in [9.17, 15) is 14.0 Å². The number of carbonyl (C=O) groups excluding carboxylic acids is 1. The number of ether oxygens (including phenoxy) is 1. The predicted octanol–water partition coefficient (Wildman–Crippen LogP) is 1.63. The number of benzene rings is 1. The smallest absolute Gasteiger partial charge is 0.306 e. The lowest BCUT2D eigenvalue weighted by molar-refractivity contribution is -0.140. The van der Waals surface area contributed by atoms with Gasteiger partial charge in [0, 0.05) is 24.2 Å². The van der Waals surface area contributed by atoms with Gasteiger partial charge in [-0.3, -0.25) is 9.59 Å². The summed E-state index contributed by atoms with van der Waals surface area (Å²) in [5.74, 6) is -2.03. The average molecular weight is 304 g/mol. The molecule has 1 aromatic carbocycles. The van der Waals surface area contributed by atoms with Gasteiger partial charge in [-0.2, -0.15) is 0 Å². The van der Waals surface area contributed by atoms with Crippen molar-refractivity contribution in [2.45, 2.75) is 18.9 Å². The monoisotopic (exact) mass is 303 g/mol. The number of amides is 1. The second kappa shape index (κ2) is 7.81. The number of carboxylic acid groups (broad SMARTS) is 1. The van der Waals surface area contributed by atoms with Crippen LogP contribution in [0.15, 0.2) is 18.2 Å². The first-order valence-electron chi connectivity index (χ1n) is 5.88. The van der Waals surface area contributed by atoms with Gasteiger partial charge in [0.15, 0.2) is 0 Å². The third kappa shape index (κ3) is 5.14. The van der Waals surface area contributed by atoms with Gasteiger partial charge in [-0.25, -0.2) is 4.39 Å². The second-order valence-electron chi connectivity index (χ2n) is 4.14. The van der Waals surface area contributed by atoms with Crippen LogP contribution in [0.25, 0.3) is 0 Å². The highest BCUT2D eigenvalue weighted by molar-refractivity contribution is 6.31. The lowest BCUT2D eigenvalue weighted by Crippen LogP contribution is -2.35. The van der Waals surface area contributed by atoms with Crippen molar-refractivity contribution in [3.63, 3.8) is 0 Å². The Morgan fingerprint density at radius 2 is 2.20 bits per heavy atom. The van der Waals surface area contributed by atoms with E-state index < -0.39 is 23.8 Å². The number of halogens is 2. The second-order valence-corrected chi connectivity index (χ2v) is 4.54. The first-order valence-corrected chi connectivity index (χ1v) is 6.26. The molecule has 1 atom stereocenters. The standard InChI is InChI=1S/C13H15ClFNO4/c1-20-8(5-13(18)19)7-16-12(17)6-9-10(14)3-2-4-11(9)15/h2-4,8H,5-7H2,1H3,(H,16,17)(H,18,19). The normalized spacial score (nSPS) is 11.9. The third-order valence-electron chi connectivity index (χ3n) is 2.66. The fourth-order valence-corrected chi connectivity index (χ4v) is 1.82. The van der Waals surface area contributed by atoms with Crippen LogP contribution in [0.4, 0.5) is 4.39 Å². The maximum Gasteiger partial charge on any atom is 0.306 e. The highest BCUT2D eigenvalue weighted by Crippen LogP contribution is 2.19. The van der Waals surface area contributed by atoms with Crippen molar-refractivity contribution in [2.24, 2.45) is 0 Å². The van der Waals surface area contributed by atoms with Crippen LogP contribution in [0, 0.1) is 5.82 Å². The van der Waals surface area contributed by atoms with Gasteiger partial charge in [-0.1, -0.05) is 17.7 Å². The fourth-order valence-electron chi connectivity index (χ4n) is 1.59. The SMILES string of the molecule is COC(CNC(=O)Cc1c(F)cccc1Cl)CC(=O)O. The minimum Gasteiger partial charge on any atom is -0.481 e. The van der Waals surface area contributed by atoms with E-state index in [2.05, 4.69) is 5.32 Å². The summed E-state index contributed by atoms with van der Waals surface area (Å²) in [6, 6.07) is 4.17. The van der Waals surface area contributed by atoms with Gasteiger partial charge in [0.1, 0.15) is 5.82 Å². The number of hydrogen-bond donors (Lipinski definition) is 2. The molecule has 0 aliphatic heterocycles. The van der Waals surface area contributed by atoms with Crippen LogP contribution in [-0.2, 0) is 20.7 Å². The number of hydrogen-bond acceptors (Lipinski definition) is 3. The van der Waals surface area contributed by atoms with Crippen molar-refractivity contribution in [1.82, 2.24) is 5.32 Å². The van der Waals surface area contributed by atoms with Crippen molar-refractivity contribution in [2.75, 3.05) is 13.7 Å². The Kier molecular flexibility index (Phi) is 6.41. The molecule has 1 unspecified atom stereocenters. The van der Waals surface area contributed by atoms with E-state index >= 15 is 0 Å². The largest absolute Gasteiger partial charge is 0.481 e. The molecule has 0 heterocycles. The third-order valence-corrected chi connectivity index (χ3v) is 3.02. The zero-order chi connectivity index (χ0) is 15.1. The van der Waals surface area contributed by atoms with Gasteiger partial charge in [0.05, 0.1) is 18.9 Å². The number of aliphatic carboxylic acids is 1. The molecule has 0 saturated heterocycles. The fraction of sp³-hybridized carbons (Fsp3) is 0.385. The summed E-state index contributed by atoms with van der Waals surface area (Å²) in [5, 5.41) is 11.3. The molecule has 0 fully saturated rings. The minimum atomic E-state index is -1.02. The predicted molar refractivity (Wildman–Crippen MR) is 71.2 cm³/mol. The first kappa shape index (κ1) is 16.4. The van der Waals surface area contributed by atoms with Crippen molar-refractivity contribution in [3.05, 3.63) is 34.6 Å². The van der Waals surface area contributed by atoms with Gasteiger partial charge in [-0.05, 0) is 12.1 Å². The Morgan fingerprint density at radius 1 is 1.50 bits per heavy atom. The quantitative estimate of drug-likeness (QED) is 0.803. The van der Waals surface area contributed by atoms with Crippen molar-refractivity contribution >= 4 is 23.5 Å². The highest BCUT2D eigenvalue weighted by Gasteiger charge is 2.15. The molecule has 5 nitrogen and oxygen atoms in total. The maximum absolute atomic E-state index is 13.5. The summed E-state index contributed by atoms with van der Waals surface area (Å²) in [5.41, 5.74) is 0.110. The molecule has 20 heavy (non-hydrogen) atoms. The molecule has 1 aromatic rings. The van der Waals surface area contributed by atoms with Gasteiger partial charge in [0.2, 0.25) is 5.91 Å². The molecule has 0 radical (unpaired) electrons. The number of carboxylic acids is 1. The zero-order valence-electron chi connectivity index (χ0n) is 10.9.